The Kier molecular flexibility index (Phi) is 7.94. The molecule has 0 unspecified atom stereocenters. The zero-order chi connectivity index (χ0) is 19.6. The van der Waals surface area contributed by atoms with Crippen LogP contribution < -0.4 is 14.8 Å². The van der Waals surface area contributed by atoms with Gasteiger partial charge in [0.25, 0.3) is 5.91 Å². The summed E-state index contributed by atoms with van der Waals surface area (Å²) in [6.07, 6.45) is 2.63. The Hall–Kier alpha value is -2.74. The highest BCUT2D eigenvalue weighted by molar-refractivity contribution is 9.10. The third-order valence-corrected chi connectivity index (χ3v) is 3.58. The number of carbonyl (C=O) groups excluding carboxylic acids is 2. The summed E-state index contributed by atoms with van der Waals surface area (Å²) in [5.41, 5.74) is 0.513. The van der Waals surface area contributed by atoms with Crippen LogP contribution in [-0.2, 0) is 14.3 Å². The van der Waals surface area contributed by atoms with Gasteiger partial charge in [-0.05, 0) is 60.1 Å². The van der Waals surface area contributed by atoms with Crippen molar-refractivity contribution >= 4 is 39.6 Å². The third-order valence-electron chi connectivity index (χ3n) is 3.15. The highest BCUT2D eigenvalue weighted by Gasteiger charge is 2.10. The molecule has 0 aliphatic rings. The van der Waals surface area contributed by atoms with E-state index in [1.165, 1.54) is 12.2 Å². The summed E-state index contributed by atoms with van der Waals surface area (Å²) >= 11 is 3.16. The van der Waals surface area contributed by atoms with Gasteiger partial charge in [-0.2, -0.15) is 0 Å². The number of anilines is 1. The van der Waals surface area contributed by atoms with E-state index in [0.717, 1.165) is 0 Å². The molecule has 0 radical (unpaired) electrons. The molecule has 0 saturated heterocycles. The zero-order valence-electron chi connectivity index (χ0n) is 15.0. The van der Waals surface area contributed by atoms with Crippen LogP contribution in [0.15, 0.2) is 45.5 Å². The van der Waals surface area contributed by atoms with Gasteiger partial charge >= 0.3 is 5.97 Å². The number of amides is 1. The number of ether oxygens (including phenoxy) is 3. The van der Waals surface area contributed by atoms with Crippen molar-refractivity contribution in [3.63, 3.8) is 0 Å². The summed E-state index contributed by atoms with van der Waals surface area (Å²) in [7, 11) is 0. The van der Waals surface area contributed by atoms with Crippen LogP contribution in [-0.4, -0.2) is 31.7 Å². The van der Waals surface area contributed by atoms with Crippen molar-refractivity contribution in [2.75, 3.05) is 25.1 Å². The number of furan rings is 1. The van der Waals surface area contributed by atoms with E-state index in [4.69, 9.17) is 18.6 Å². The topological polar surface area (TPSA) is 87.0 Å². The van der Waals surface area contributed by atoms with Gasteiger partial charge in [-0.25, -0.2) is 4.79 Å². The average Bonchev–Trinajstić information content (AvgIpc) is 3.06. The average molecular weight is 438 g/mol. The predicted molar refractivity (Wildman–Crippen MR) is 104 cm³/mol. The van der Waals surface area contributed by atoms with Crippen LogP contribution in [0.3, 0.4) is 0 Å². The van der Waals surface area contributed by atoms with Crippen molar-refractivity contribution in [2.45, 2.75) is 13.8 Å². The standard InChI is InChI=1S/C19H20BrNO6/c1-3-24-15-8-5-13(11-16(15)25-4-2)21-18(22)12-26-19(23)10-7-14-6-9-17(20)27-14/h5-11H,3-4,12H2,1-2H3,(H,21,22)/b10-7+. The predicted octanol–water partition coefficient (Wildman–Crippen LogP) is 4.03. The molecule has 2 aromatic rings. The SMILES string of the molecule is CCOc1ccc(NC(=O)COC(=O)/C=C/c2ccc(Br)o2)cc1OCC. The van der Waals surface area contributed by atoms with E-state index in [0.29, 0.717) is 40.8 Å². The first kappa shape index (κ1) is 20.6. The lowest BCUT2D eigenvalue weighted by molar-refractivity contribution is -0.142. The molecule has 1 amide bonds. The molecule has 0 spiro atoms. The number of rotatable bonds is 9. The van der Waals surface area contributed by atoms with Crippen LogP contribution >= 0.6 is 15.9 Å². The number of carbonyl (C=O) groups is 2. The van der Waals surface area contributed by atoms with Crippen molar-refractivity contribution in [2.24, 2.45) is 0 Å². The van der Waals surface area contributed by atoms with Crippen LogP contribution in [0, 0.1) is 0 Å². The minimum Gasteiger partial charge on any atom is -0.490 e. The lowest BCUT2D eigenvalue weighted by Crippen LogP contribution is -2.20. The first-order valence-corrected chi connectivity index (χ1v) is 9.10. The highest BCUT2D eigenvalue weighted by Crippen LogP contribution is 2.30. The number of halogens is 1. The summed E-state index contributed by atoms with van der Waals surface area (Å²) in [5, 5.41) is 2.64. The van der Waals surface area contributed by atoms with Crippen LogP contribution in [0.2, 0.25) is 0 Å². The molecule has 27 heavy (non-hydrogen) atoms. The van der Waals surface area contributed by atoms with E-state index >= 15 is 0 Å². The molecule has 0 atom stereocenters. The van der Waals surface area contributed by atoms with Crippen LogP contribution in [0.1, 0.15) is 19.6 Å². The van der Waals surface area contributed by atoms with Crippen molar-refractivity contribution in [3.8, 4) is 11.5 Å². The second kappa shape index (κ2) is 10.4. The summed E-state index contributed by atoms with van der Waals surface area (Å²) in [6.45, 7) is 4.29. The van der Waals surface area contributed by atoms with Gasteiger partial charge in [0.1, 0.15) is 5.76 Å². The van der Waals surface area contributed by atoms with E-state index in [-0.39, 0.29) is 0 Å². The molecule has 0 aliphatic carbocycles. The summed E-state index contributed by atoms with van der Waals surface area (Å²) in [5.74, 6) is 0.491. The second-order valence-electron chi connectivity index (χ2n) is 5.16. The number of nitrogens with one attached hydrogen (secondary N) is 1. The Labute approximate surface area is 165 Å². The van der Waals surface area contributed by atoms with Gasteiger partial charge in [-0.3, -0.25) is 4.79 Å². The lowest BCUT2D eigenvalue weighted by atomic mass is 10.2. The Morgan fingerprint density at radius 3 is 2.52 bits per heavy atom. The van der Waals surface area contributed by atoms with Gasteiger partial charge in [0.15, 0.2) is 22.8 Å². The minimum absolute atomic E-state index is 0.414. The van der Waals surface area contributed by atoms with Crippen molar-refractivity contribution < 1.29 is 28.2 Å². The van der Waals surface area contributed by atoms with Gasteiger partial charge in [-0.1, -0.05) is 0 Å². The fourth-order valence-electron chi connectivity index (χ4n) is 2.08. The Morgan fingerprint density at radius 1 is 1.11 bits per heavy atom. The lowest BCUT2D eigenvalue weighted by Gasteiger charge is -2.13. The number of hydrogen-bond donors (Lipinski definition) is 1. The maximum absolute atomic E-state index is 12.0. The molecule has 8 heteroatoms. The quantitative estimate of drug-likeness (QED) is 0.470. The molecule has 7 nitrogen and oxygen atoms in total. The summed E-state index contributed by atoms with van der Waals surface area (Å²) in [4.78, 5) is 23.6. The van der Waals surface area contributed by atoms with E-state index in [9.17, 15) is 9.59 Å². The minimum atomic E-state index is -0.653. The number of esters is 1. The summed E-state index contributed by atoms with van der Waals surface area (Å²) < 4.78 is 21.6. The van der Waals surface area contributed by atoms with Gasteiger partial charge in [0.2, 0.25) is 0 Å². The monoisotopic (exact) mass is 437 g/mol. The Bertz CT molecular complexity index is 814. The normalized spacial score (nSPS) is 10.6. The second-order valence-corrected chi connectivity index (χ2v) is 5.94. The Morgan fingerprint density at radius 2 is 1.85 bits per heavy atom. The van der Waals surface area contributed by atoms with Crippen LogP contribution in [0.4, 0.5) is 5.69 Å². The van der Waals surface area contributed by atoms with Gasteiger partial charge in [0, 0.05) is 17.8 Å². The third kappa shape index (κ3) is 6.82. The molecule has 0 bridgehead atoms. The maximum Gasteiger partial charge on any atom is 0.331 e. The first-order valence-electron chi connectivity index (χ1n) is 8.31. The first-order chi connectivity index (χ1) is 13.0. The fourth-order valence-corrected chi connectivity index (χ4v) is 2.40. The maximum atomic E-state index is 12.0. The van der Waals surface area contributed by atoms with Gasteiger partial charge < -0.3 is 23.9 Å². The number of benzene rings is 1. The van der Waals surface area contributed by atoms with Gasteiger partial charge in [0.05, 0.1) is 13.2 Å². The molecule has 1 N–H and O–H groups in total. The van der Waals surface area contributed by atoms with E-state index in [1.807, 2.05) is 13.8 Å². The van der Waals surface area contributed by atoms with E-state index in [1.54, 1.807) is 30.3 Å². The van der Waals surface area contributed by atoms with E-state index in [2.05, 4.69) is 21.2 Å². The van der Waals surface area contributed by atoms with Crippen LogP contribution in [0.5, 0.6) is 11.5 Å². The smallest absolute Gasteiger partial charge is 0.331 e. The van der Waals surface area contributed by atoms with E-state index < -0.39 is 18.5 Å². The molecule has 0 fully saturated rings. The molecular weight excluding hydrogens is 418 g/mol. The largest absolute Gasteiger partial charge is 0.490 e. The molecule has 1 heterocycles. The van der Waals surface area contributed by atoms with Crippen molar-refractivity contribution in [1.82, 2.24) is 0 Å². The highest BCUT2D eigenvalue weighted by atomic mass is 79.9. The molecule has 0 saturated carbocycles. The summed E-state index contributed by atoms with van der Waals surface area (Å²) in [6, 6.07) is 8.43. The number of hydrogen-bond acceptors (Lipinski definition) is 6. The van der Waals surface area contributed by atoms with Crippen LogP contribution in [0.25, 0.3) is 6.08 Å². The molecular formula is C19H20BrNO6. The molecule has 1 aromatic carbocycles. The van der Waals surface area contributed by atoms with Crippen molar-refractivity contribution in [3.05, 3.63) is 46.8 Å². The molecule has 0 aliphatic heterocycles. The van der Waals surface area contributed by atoms with Gasteiger partial charge in [-0.15, -0.1) is 0 Å². The molecule has 1 aromatic heterocycles. The molecule has 2 rings (SSSR count). The van der Waals surface area contributed by atoms with Crippen molar-refractivity contribution in [1.29, 1.82) is 0 Å². The fraction of sp³-hybridized carbons (Fsp3) is 0.263. The Balaban J connectivity index is 1.86. The zero-order valence-corrected chi connectivity index (χ0v) is 16.6. The molecule has 144 valence electrons.